The van der Waals surface area contributed by atoms with Crippen molar-refractivity contribution in [3.8, 4) is 0 Å². The Morgan fingerprint density at radius 3 is 2.59 bits per heavy atom. The molecule has 0 aliphatic rings. The average molecular weight is 299 g/mol. The minimum atomic E-state index is 0.703. The highest BCUT2D eigenvalue weighted by molar-refractivity contribution is 9.10. The summed E-state index contributed by atoms with van der Waals surface area (Å²) >= 11 is 3.64. The number of halogens is 1. The van der Waals surface area contributed by atoms with E-state index in [1.165, 1.54) is 17.7 Å². The van der Waals surface area contributed by atoms with Crippen LogP contribution in [0.5, 0.6) is 0 Å². The summed E-state index contributed by atoms with van der Waals surface area (Å²) in [5.74, 6) is 0.743. The molecular formula is C14H23BrN2. The minimum Gasteiger partial charge on any atom is -0.374 e. The van der Waals surface area contributed by atoms with Crippen LogP contribution in [0.15, 0.2) is 22.7 Å². The third-order valence-electron chi connectivity index (χ3n) is 2.90. The van der Waals surface area contributed by atoms with E-state index in [1.807, 2.05) is 0 Å². The Labute approximate surface area is 113 Å². The number of benzene rings is 1. The molecule has 3 heteroatoms. The molecule has 0 heterocycles. The number of nitrogens with zero attached hydrogens (tertiary/aromatic N) is 1. The van der Waals surface area contributed by atoms with Crippen molar-refractivity contribution in [2.45, 2.75) is 26.7 Å². The van der Waals surface area contributed by atoms with Gasteiger partial charge in [0.05, 0.1) is 5.69 Å². The lowest BCUT2D eigenvalue weighted by molar-refractivity contribution is 0.585. The van der Waals surface area contributed by atoms with Crippen LogP contribution >= 0.6 is 15.9 Å². The highest BCUT2D eigenvalue weighted by Crippen LogP contribution is 2.27. The van der Waals surface area contributed by atoms with E-state index in [9.17, 15) is 0 Å². The van der Waals surface area contributed by atoms with Crippen LogP contribution in [0, 0.1) is 5.92 Å². The summed E-state index contributed by atoms with van der Waals surface area (Å²) in [7, 11) is 2.14. The summed E-state index contributed by atoms with van der Waals surface area (Å²) in [5.41, 5.74) is 8.11. The molecule has 2 N–H and O–H groups in total. The Morgan fingerprint density at radius 1 is 1.35 bits per heavy atom. The van der Waals surface area contributed by atoms with Crippen molar-refractivity contribution in [3.05, 3.63) is 28.2 Å². The third kappa shape index (κ3) is 4.68. The number of rotatable bonds is 6. The van der Waals surface area contributed by atoms with Crippen LogP contribution in [0.25, 0.3) is 0 Å². The summed E-state index contributed by atoms with van der Waals surface area (Å²) in [4.78, 5) is 2.30. The van der Waals surface area contributed by atoms with Crippen LogP contribution < -0.4 is 10.6 Å². The van der Waals surface area contributed by atoms with Crippen LogP contribution in [-0.4, -0.2) is 20.1 Å². The van der Waals surface area contributed by atoms with Crippen LogP contribution in [0.4, 0.5) is 5.69 Å². The van der Waals surface area contributed by atoms with Crippen molar-refractivity contribution in [3.63, 3.8) is 0 Å². The molecule has 0 atom stereocenters. The van der Waals surface area contributed by atoms with Crippen LogP contribution in [0.3, 0.4) is 0 Å². The van der Waals surface area contributed by atoms with E-state index in [0.29, 0.717) is 6.54 Å². The molecule has 0 bridgehead atoms. The van der Waals surface area contributed by atoms with Gasteiger partial charge in [-0.2, -0.15) is 0 Å². The van der Waals surface area contributed by atoms with E-state index in [1.54, 1.807) is 0 Å². The Balaban J connectivity index is 2.70. The summed E-state index contributed by atoms with van der Waals surface area (Å²) in [6.07, 6.45) is 2.15. The Hall–Kier alpha value is -0.540. The van der Waals surface area contributed by atoms with Crippen LogP contribution in [-0.2, 0) is 6.42 Å². The maximum absolute atomic E-state index is 5.56. The van der Waals surface area contributed by atoms with Crippen molar-refractivity contribution in [2.75, 3.05) is 25.0 Å². The number of hydrogen-bond acceptors (Lipinski definition) is 2. The second-order valence-electron chi connectivity index (χ2n) is 4.93. The summed E-state index contributed by atoms with van der Waals surface area (Å²) in [5, 5.41) is 0. The van der Waals surface area contributed by atoms with Gasteiger partial charge in [0.15, 0.2) is 0 Å². The average Bonchev–Trinajstić information content (AvgIpc) is 2.26. The van der Waals surface area contributed by atoms with Gasteiger partial charge < -0.3 is 10.6 Å². The molecule has 1 rings (SSSR count). The first kappa shape index (κ1) is 14.5. The maximum Gasteiger partial charge on any atom is 0.0508 e. The topological polar surface area (TPSA) is 29.3 Å². The number of hydrogen-bond donors (Lipinski definition) is 1. The molecule has 0 amide bonds. The Morgan fingerprint density at radius 2 is 2.06 bits per heavy atom. The summed E-state index contributed by atoms with van der Waals surface area (Å²) in [6.45, 7) is 6.31. The Kier molecular flexibility index (Phi) is 6.00. The molecule has 96 valence electrons. The fraction of sp³-hybridized carbons (Fsp3) is 0.571. The second kappa shape index (κ2) is 7.02. The highest BCUT2D eigenvalue weighted by Gasteiger charge is 2.07. The molecule has 0 aliphatic heterocycles. The standard InChI is InChI=1S/C14H23BrN2/c1-11(2)7-9-17(3)14-5-4-12(6-8-16)10-13(14)15/h4-5,10-11H,6-9,16H2,1-3H3. The van der Waals surface area contributed by atoms with E-state index >= 15 is 0 Å². The van der Waals surface area contributed by atoms with Gasteiger partial charge in [-0.15, -0.1) is 0 Å². The van der Waals surface area contributed by atoms with E-state index < -0.39 is 0 Å². The van der Waals surface area contributed by atoms with Crippen molar-refractivity contribution in [2.24, 2.45) is 11.7 Å². The van der Waals surface area contributed by atoms with E-state index in [4.69, 9.17) is 5.73 Å². The number of anilines is 1. The van der Waals surface area contributed by atoms with Crippen molar-refractivity contribution in [1.82, 2.24) is 0 Å². The largest absolute Gasteiger partial charge is 0.374 e. The molecule has 1 aromatic rings. The highest BCUT2D eigenvalue weighted by atomic mass is 79.9. The quantitative estimate of drug-likeness (QED) is 0.872. The molecule has 0 radical (unpaired) electrons. The summed E-state index contributed by atoms with van der Waals surface area (Å²) in [6, 6.07) is 6.52. The third-order valence-corrected chi connectivity index (χ3v) is 3.53. The van der Waals surface area contributed by atoms with E-state index in [0.717, 1.165) is 23.4 Å². The van der Waals surface area contributed by atoms with E-state index in [-0.39, 0.29) is 0 Å². The van der Waals surface area contributed by atoms with Gasteiger partial charge in [-0.1, -0.05) is 19.9 Å². The van der Waals surface area contributed by atoms with E-state index in [2.05, 4.69) is 59.9 Å². The number of nitrogens with two attached hydrogens (primary N) is 1. The predicted octanol–water partition coefficient (Wildman–Crippen LogP) is 3.43. The van der Waals surface area contributed by atoms with Crippen molar-refractivity contribution >= 4 is 21.6 Å². The van der Waals surface area contributed by atoms with Gasteiger partial charge in [0.25, 0.3) is 0 Å². The fourth-order valence-electron chi connectivity index (χ4n) is 1.75. The maximum atomic E-state index is 5.56. The van der Waals surface area contributed by atoms with Gasteiger partial charge in [-0.3, -0.25) is 0 Å². The molecule has 0 saturated carbocycles. The van der Waals surface area contributed by atoms with Gasteiger partial charge in [0.2, 0.25) is 0 Å². The first-order chi connectivity index (χ1) is 8.04. The smallest absolute Gasteiger partial charge is 0.0508 e. The molecule has 0 spiro atoms. The zero-order valence-electron chi connectivity index (χ0n) is 11.0. The molecule has 0 saturated heterocycles. The van der Waals surface area contributed by atoms with Gasteiger partial charge >= 0.3 is 0 Å². The SMILES string of the molecule is CC(C)CCN(C)c1ccc(CCN)cc1Br. The van der Waals surface area contributed by atoms with Gasteiger partial charge in [0.1, 0.15) is 0 Å². The van der Waals surface area contributed by atoms with Gasteiger partial charge in [-0.05, 0) is 58.9 Å². The lowest BCUT2D eigenvalue weighted by Gasteiger charge is -2.22. The lowest BCUT2D eigenvalue weighted by atomic mass is 10.1. The second-order valence-corrected chi connectivity index (χ2v) is 5.78. The monoisotopic (exact) mass is 298 g/mol. The molecular weight excluding hydrogens is 276 g/mol. The predicted molar refractivity (Wildman–Crippen MR) is 79.6 cm³/mol. The summed E-state index contributed by atoms with van der Waals surface area (Å²) < 4.78 is 1.16. The first-order valence-electron chi connectivity index (χ1n) is 6.24. The fourth-order valence-corrected chi connectivity index (χ4v) is 2.48. The molecule has 2 nitrogen and oxygen atoms in total. The van der Waals surface area contributed by atoms with Crippen LogP contribution in [0.1, 0.15) is 25.8 Å². The van der Waals surface area contributed by atoms with Gasteiger partial charge in [-0.25, -0.2) is 0 Å². The molecule has 17 heavy (non-hydrogen) atoms. The molecule has 0 fully saturated rings. The lowest BCUT2D eigenvalue weighted by Crippen LogP contribution is -2.20. The van der Waals surface area contributed by atoms with Gasteiger partial charge in [0, 0.05) is 18.1 Å². The molecule has 0 aromatic heterocycles. The molecule has 0 aliphatic carbocycles. The van der Waals surface area contributed by atoms with Crippen molar-refractivity contribution in [1.29, 1.82) is 0 Å². The zero-order chi connectivity index (χ0) is 12.8. The Bertz CT molecular complexity index is 350. The molecule has 0 unspecified atom stereocenters. The normalized spacial score (nSPS) is 10.9. The zero-order valence-corrected chi connectivity index (χ0v) is 12.6. The first-order valence-corrected chi connectivity index (χ1v) is 7.03. The van der Waals surface area contributed by atoms with Crippen LogP contribution in [0.2, 0.25) is 0 Å². The van der Waals surface area contributed by atoms with Crippen molar-refractivity contribution < 1.29 is 0 Å². The minimum absolute atomic E-state index is 0.703. The molecule has 1 aromatic carbocycles.